The molecule has 0 aliphatic carbocycles. The number of carboxylic acids is 1. The monoisotopic (exact) mass is 299 g/mol. The second-order valence-electron chi connectivity index (χ2n) is 5.39. The van der Waals surface area contributed by atoms with Gasteiger partial charge in [-0.25, -0.2) is 9.59 Å². The Hall–Kier alpha value is -1.79. The van der Waals surface area contributed by atoms with Crippen LogP contribution in [-0.2, 0) is 9.59 Å². The molecule has 21 heavy (non-hydrogen) atoms. The van der Waals surface area contributed by atoms with Gasteiger partial charge in [0.05, 0.1) is 0 Å². The zero-order chi connectivity index (χ0) is 15.8. The van der Waals surface area contributed by atoms with Gasteiger partial charge in [-0.3, -0.25) is 4.79 Å². The molecule has 1 rings (SSSR count). The lowest BCUT2D eigenvalue weighted by Crippen LogP contribution is -2.51. The molecule has 1 saturated heterocycles. The van der Waals surface area contributed by atoms with E-state index in [1.807, 2.05) is 6.92 Å². The lowest BCUT2D eigenvalue weighted by molar-refractivity contribution is -0.142. The summed E-state index contributed by atoms with van der Waals surface area (Å²) in [5.41, 5.74) is 0. The fourth-order valence-corrected chi connectivity index (χ4v) is 2.42. The van der Waals surface area contributed by atoms with Gasteiger partial charge in [0.15, 0.2) is 0 Å². The first-order valence-electron chi connectivity index (χ1n) is 7.48. The highest BCUT2D eigenvalue weighted by Crippen LogP contribution is 2.18. The van der Waals surface area contributed by atoms with Crippen LogP contribution in [0.5, 0.6) is 0 Å². The Morgan fingerprint density at radius 3 is 2.62 bits per heavy atom. The maximum Gasteiger partial charge on any atom is 0.326 e. The van der Waals surface area contributed by atoms with Crippen molar-refractivity contribution in [2.75, 3.05) is 26.7 Å². The number of likely N-dealkylation sites (tertiary alicyclic amines) is 1. The van der Waals surface area contributed by atoms with Crippen molar-refractivity contribution in [3.8, 4) is 0 Å². The molecule has 120 valence electrons. The minimum Gasteiger partial charge on any atom is -0.480 e. The van der Waals surface area contributed by atoms with Gasteiger partial charge >= 0.3 is 12.0 Å². The van der Waals surface area contributed by atoms with Crippen molar-refractivity contribution in [1.82, 2.24) is 15.1 Å². The van der Waals surface area contributed by atoms with Crippen LogP contribution in [0.3, 0.4) is 0 Å². The van der Waals surface area contributed by atoms with Crippen molar-refractivity contribution in [3.63, 3.8) is 0 Å². The second kappa shape index (κ2) is 8.49. The third-order valence-electron chi connectivity index (χ3n) is 3.56. The minimum atomic E-state index is -0.978. The summed E-state index contributed by atoms with van der Waals surface area (Å²) in [7, 11) is 1.53. The van der Waals surface area contributed by atoms with E-state index < -0.39 is 18.0 Å². The molecule has 0 radical (unpaired) electrons. The summed E-state index contributed by atoms with van der Waals surface area (Å²) in [5, 5.41) is 12.0. The largest absolute Gasteiger partial charge is 0.480 e. The minimum absolute atomic E-state index is 0.0539. The van der Waals surface area contributed by atoms with Crippen molar-refractivity contribution >= 4 is 17.9 Å². The molecule has 7 heteroatoms. The van der Waals surface area contributed by atoms with Crippen LogP contribution in [0.4, 0.5) is 4.79 Å². The van der Waals surface area contributed by atoms with Crippen molar-refractivity contribution in [2.45, 2.75) is 45.1 Å². The molecular formula is C14H25N3O4. The highest BCUT2D eigenvalue weighted by Gasteiger charge is 2.32. The molecule has 2 N–H and O–H groups in total. The molecule has 1 aliphatic heterocycles. The molecule has 1 heterocycles. The zero-order valence-corrected chi connectivity index (χ0v) is 12.8. The number of carbonyl (C=O) groups excluding carboxylic acids is 2. The van der Waals surface area contributed by atoms with Gasteiger partial charge in [0, 0.05) is 20.1 Å². The Bertz CT molecular complexity index is 386. The Labute approximate surface area is 125 Å². The van der Waals surface area contributed by atoms with Crippen LogP contribution in [0, 0.1) is 0 Å². The molecule has 1 atom stereocenters. The van der Waals surface area contributed by atoms with Gasteiger partial charge in [0.2, 0.25) is 5.91 Å². The molecule has 0 aromatic rings. The molecule has 0 aromatic heterocycles. The summed E-state index contributed by atoms with van der Waals surface area (Å²) in [6.07, 6.45) is 3.83. The van der Waals surface area contributed by atoms with Crippen molar-refractivity contribution < 1.29 is 19.5 Å². The maximum absolute atomic E-state index is 12.4. The number of amides is 3. The number of likely N-dealkylation sites (N-methyl/N-ethyl adjacent to an activating group) is 1. The first-order chi connectivity index (χ1) is 9.97. The molecule has 0 aromatic carbocycles. The molecule has 0 bridgehead atoms. The van der Waals surface area contributed by atoms with Crippen molar-refractivity contribution in [3.05, 3.63) is 0 Å². The molecular weight excluding hydrogens is 274 g/mol. The van der Waals surface area contributed by atoms with Crippen LogP contribution in [0.25, 0.3) is 0 Å². The van der Waals surface area contributed by atoms with Crippen LogP contribution in [0.2, 0.25) is 0 Å². The number of carboxylic acid groups (broad SMARTS) is 1. The van der Waals surface area contributed by atoms with Crippen molar-refractivity contribution in [2.24, 2.45) is 0 Å². The number of hydrogen-bond acceptors (Lipinski definition) is 3. The summed E-state index contributed by atoms with van der Waals surface area (Å²) in [6, 6.07) is -1.18. The Morgan fingerprint density at radius 1 is 1.29 bits per heavy atom. The third-order valence-corrected chi connectivity index (χ3v) is 3.56. The van der Waals surface area contributed by atoms with Gasteiger partial charge in [0.25, 0.3) is 0 Å². The fraction of sp³-hybridized carbons (Fsp3) is 0.786. The van der Waals surface area contributed by atoms with E-state index in [2.05, 4.69) is 5.32 Å². The second-order valence-corrected chi connectivity index (χ2v) is 5.39. The molecule has 0 spiro atoms. The van der Waals surface area contributed by atoms with E-state index >= 15 is 0 Å². The van der Waals surface area contributed by atoms with E-state index in [1.165, 1.54) is 16.8 Å². The van der Waals surface area contributed by atoms with E-state index in [1.54, 1.807) is 0 Å². The van der Waals surface area contributed by atoms with Crippen LogP contribution in [-0.4, -0.2) is 65.5 Å². The molecule has 1 aliphatic rings. The van der Waals surface area contributed by atoms with E-state index in [4.69, 9.17) is 0 Å². The van der Waals surface area contributed by atoms with Gasteiger partial charge in [-0.2, -0.15) is 0 Å². The van der Waals surface area contributed by atoms with Crippen LogP contribution < -0.4 is 5.32 Å². The van der Waals surface area contributed by atoms with Crippen LogP contribution >= 0.6 is 0 Å². The van der Waals surface area contributed by atoms with E-state index in [0.29, 0.717) is 19.5 Å². The highest BCUT2D eigenvalue weighted by atomic mass is 16.4. The van der Waals surface area contributed by atoms with E-state index in [-0.39, 0.29) is 12.5 Å². The Kier molecular flexibility index (Phi) is 6.98. The van der Waals surface area contributed by atoms with Gasteiger partial charge in [-0.05, 0) is 19.3 Å². The predicted molar refractivity (Wildman–Crippen MR) is 77.9 cm³/mol. The molecule has 7 nitrogen and oxygen atoms in total. The molecule has 3 amide bonds. The van der Waals surface area contributed by atoms with Gasteiger partial charge < -0.3 is 20.2 Å². The highest BCUT2D eigenvalue weighted by molar-refractivity contribution is 5.86. The third kappa shape index (κ3) is 5.24. The molecule has 1 unspecified atom stereocenters. The quantitative estimate of drug-likeness (QED) is 0.789. The van der Waals surface area contributed by atoms with Gasteiger partial charge in [-0.1, -0.05) is 19.8 Å². The fourth-order valence-electron chi connectivity index (χ4n) is 2.42. The van der Waals surface area contributed by atoms with Crippen LogP contribution in [0.15, 0.2) is 0 Å². The Balaban J connectivity index is 2.64. The Morgan fingerprint density at radius 2 is 2.00 bits per heavy atom. The zero-order valence-electron chi connectivity index (χ0n) is 12.8. The SMILES string of the molecule is CCCNC(=O)CN(C)C(=O)N1CCCCCC1C(=O)O. The number of hydrogen-bond donors (Lipinski definition) is 2. The number of urea groups is 1. The van der Waals surface area contributed by atoms with E-state index in [9.17, 15) is 19.5 Å². The topological polar surface area (TPSA) is 90.0 Å². The summed E-state index contributed by atoms with van der Waals surface area (Å²) in [6.45, 7) is 2.89. The number of aliphatic carboxylic acids is 1. The molecule has 1 fully saturated rings. The summed E-state index contributed by atoms with van der Waals surface area (Å²) < 4.78 is 0. The number of carbonyl (C=O) groups is 3. The summed E-state index contributed by atoms with van der Waals surface area (Å²) in [5.74, 6) is -1.21. The van der Waals surface area contributed by atoms with Crippen molar-refractivity contribution in [1.29, 1.82) is 0 Å². The normalized spacial score (nSPS) is 18.8. The number of nitrogens with zero attached hydrogens (tertiary/aromatic N) is 2. The van der Waals surface area contributed by atoms with Gasteiger partial charge in [-0.15, -0.1) is 0 Å². The lowest BCUT2D eigenvalue weighted by atomic mass is 10.1. The number of rotatable bonds is 5. The predicted octanol–water partition coefficient (Wildman–Crippen LogP) is 0.894. The number of nitrogens with one attached hydrogen (secondary N) is 1. The molecule has 0 saturated carbocycles. The average molecular weight is 299 g/mol. The first-order valence-corrected chi connectivity index (χ1v) is 7.48. The first kappa shape index (κ1) is 17.3. The summed E-state index contributed by atoms with van der Waals surface area (Å²) >= 11 is 0. The van der Waals surface area contributed by atoms with Gasteiger partial charge in [0.1, 0.15) is 12.6 Å². The lowest BCUT2D eigenvalue weighted by Gasteiger charge is -2.31. The summed E-state index contributed by atoms with van der Waals surface area (Å²) in [4.78, 5) is 38.0. The maximum atomic E-state index is 12.4. The van der Waals surface area contributed by atoms with E-state index in [0.717, 1.165) is 25.7 Å². The average Bonchev–Trinajstić information content (AvgIpc) is 2.69. The smallest absolute Gasteiger partial charge is 0.326 e. The standard InChI is InChI=1S/C14H25N3O4/c1-3-8-15-12(18)10-16(2)14(21)17-9-6-4-5-7-11(17)13(19)20/h11H,3-10H2,1-2H3,(H,15,18)(H,19,20). The van der Waals surface area contributed by atoms with Crippen LogP contribution in [0.1, 0.15) is 39.0 Å².